The molecule has 2 heteroatoms. The van der Waals surface area contributed by atoms with Crippen LogP contribution < -0.4 is 0 Å². The highest BCUT2D eigenvalue weighted by Crippen LogP contribution is 2.52. The van der Waals surface area contributed by atoms with Gasteiger partial charge in [-0.25, -0.2) is 0 Å². The Balaban J connectivity index is 0.000000171. The van der Waals surface area contributed by atoms with Gasteiger partial charge < -0.3 is 9.47 Å². The summed E-state index contributed by atoms with van der Waals surface area (Å²) in [6, 6.07) is 0. The second-order valence-electron chi connectivity index (χ2n) is 10.5. The van der Waals surface area contributed by atoms with Crippen LogP contribution in [0.1, 0.15) is 66.2 Å². The molecule has 4 rings (SSSR count). The molecule has 4 bridgehead atoms. The average Bonchev–Trinajstić information content (AvgIpc) is 3.47. The van der Waals surface area contributed by atoms with Crippen LogP contribution in [-0.2, 0) is 9.47 Å². The van der Waals surface area contributed by atoms with E-state index < -0.39 is 0 Å². The molecule has 4 saturated carbocycles. The largest absolute Gasteiger partial charge is 0.377 e. The zero-order valence-corrected chi connectivity index (χ0v) is 19.9. The molecule has 0 amide bonds. The van der Waals surface area contributed by atoms with Crippen LogP contribution in [0.5, 0.6) is 0 Å². The maximum Gasteiger partial charge on any atom is 0.0671 e. The van der Waals surface area contributed by atoms with Crippen LogP contribution in [0.3, 0.4) is 0 Å². The van der Waals surface area contributed by atoms with Gasteiger partial charge in [-0.05, 0) is 102 Å². The van der Waals surface area contributed by atoms with Crippen molar-refractivity contribution in [2.24, 2.45) is 35.5 Å². The Labute approximate surface area is 185 Å². The summed E-state index contributed by atoms with van der Waals surface area (Å²) in [4.78, 5) is 0. The molecule has 2 nitrogen and oxygen atoms in total. The molecular formula is C28H44O2. The van der Waals surface area contributed by atoms with Gasteiger partial charge in [-0.3, -0.25) is 0 Å². The second-order valence-corrected chi connectivity index (χ2v) is 10.5. The van der Waals surface area contributed by atoms with Crippen molar-refractivity contribution in [1.82, 2.24) is 0 Å². The third kappa shape index (κ3) is 5.98. The second kappa shape index (κ2) is 11.0. The third-order valence-electron chi connectivity index (χ3n) is 7.76. The van der Waals surface area contributed by atoms with Crippen LogP contribution in [0.25, 0.3) is 0 Å². The van der Waals surface area contributed by atoms with Crippen LogP contribution in [0, 0.1) is 35.5 Å². The lowest BCUT2D eigenvalue weighted by Gasteiger charge is -2.24. The maximum atomic E-state index is 5.70. The highest BCUT2D eigenvalue weighted by molar-refractivity contribution is 5.18. The Morgan fingerprint density at radius 2 is 1.47 bits per heavy atom. The zero-order valence-electron chi connectivity index (χ0n) is 19.9. The standard InChI is InChI=1S/2C14H22O/c1-4-12-5-11-6-13(14(12)7-11)9-15-8-10(2)3;1-4-11-5-13-6-12(11)7-14(13)9-15-8-10(2)3/h4,11,13-14H,2,5-9H2,1,3H3;4,12-14H,2,5-9H2,1,3H3. The summed E-state index contributed by atoms with van der Waals surface area (Å²) >= 11 is 0. The molecular weight excluding hydrogens is 368 g/mol. The summed E-state index contributed by atoms with van der Waals surface area (Å²) in [6.07, 6.45) is 12.9. The quantitative estimate of drug-likeness (QED) is 0.394. The van der Waals surface area contributed by atoms with E-state index in [2.05, 4.69) is 39.2 Å². The molecule has 0 aromatic carbocycles. The first-order valence-electron chi connectivity index (χ1n) is 12.2. The molecule has 168 valence electrons. The Hall–Kier alpha value is -1.12. The Kier molecular flexibility index (Phi) is 8.60. The molecule has 0 aliphatic heterocycles. The van der Waals surface area contributed by atoms with Crippen molar-refractivity contribution in [2.45, 2.75) is 66.2 Å². The fraction of sp³-hybridized carbons (Fsp3) is 0.714. The summed E-state index contributed by atoms with van der Waals surface area (Å²) in [7, 11) is 0. The van der Waals surface area contributed by atoms with Crippen molar-refractivity contribution in [1.29, 1.82) is 0 Å². The third-order valence-corrected chi connectivity index (χ3v) is 7.76. The SMILES string of the molecule is C=C(C)COCC1CC2CC(=CC)C1C2.C=C(C)COCC1CC2CC1CC2=CC. The Morgan fingerprint density at radius 1 is 0.833 bits per heavy atom. The molecule has 4 aliphatic rings. The fourth-order valence-corrected chi connectivity index (χ4v) is 6.42. The van der Waals surface area contributed by atoms with E-state index in [1.807, 2.05) is 13.8 Å². The number of fused-ring (bicyclic) bond motifs is 4. The number of rotatable bonds is 8. The highest BCUT2D eigenvalue weighted by atomic mass is 16.5. The van der Waals surface area contributed by atoms with Crippen LogP contribution in [0.2, 0.25) is 0 Å². The van der Waals surface area contributed by atoms with E-state index in [-0.39, 0.29) is 0 Å². The topological polar surface area (TPSA) is 18.5 Å². The number of hydrogen-bond acceptors (Lipinski definition) is 2. The molecule has 0 radical (unpaired) electrons. The molecule has 30 heavy (non-hydrogen) atoms. The van der Waals surface area contributed by atoms with Gasteiger partial charge in [-0.15, -0.1) is 0 Å². The molecule has 6 unspecified atom stereocenters. The molecule has 0 spiro atoms. The van der Waals surface area contributed by atoms with E-state index in [9.17, 15) is 0 Å². The van der Waals surface area contributed by atoms with Gasteiger partial charge in [-0.1, -0.05) is 47.6 Å². The van der Waals surface area contributed by atoms with Crippen molar-refractivity contribution in [3.63, 3.8) is 0 Å². The molecule has 0 heterocycles. The Morgan fingerprint density at radius 3 is 1.97 bits per heavy atom. The van der Waals surface area contributed by atoms with Crippen molar-refractivity contribution in [3.8, 4) is 0 Å². The normalized spacial score (nSPS) is 36.4. The van der Waals surface area contributed by atoms with E-state index in [0.717, 1.165) is 73.1 Å². The molecule has 0 saturated heterocycles. The minimum Gasteiger partial charge on any atom is -0.377 e. The van der Waals surface area contributed by atoms with E-state index in [1.54, 1.807) is 11.1 Å². The van der Waals surface area contributed by atoms with Crippen molar-refractivity contribution in [2.75, 3.05) is 26.4 Å². The molecule has 0 aromatic rings. The van der Waals surface area contributed by atoms with Crippen molar-refractivity contribution < 1.29 is 9.47 Å². The van der Waals surface area contributed by atoms with Gasteiger partial charge in [0.1, 0.15) is 0 Å². The molecule has 0 aromatic heterocycles. The van der Waals surface area contributed by atoms with Gasteiger partial charge in [0.25, 0.3) is 0 Å². The predicted molar refractivity (Wildman–Crippen MR) is 127 cm³/mol. The maximum absolute atomic E-state index is 5.70. The molecule has 6 atom stereocenters. The smallest absolute Gasteiger partial charge is 0.0671 e. The predicted octanol–water partition coefficient (Wildman–Crippen LogP) is 7.14. The first-order valence-corrected chi connectivity index (χ1v) is 12.2. The minimum atomic E-state index is 0.735. The van der Waals surface area contributed by atoms with Crippen LogP contribution in [0.15, 0.2) is 47.6 Å². The van der Waals surface area contributed by atoms with E-state index in [4.69, 9.17) is 9.47 Å². The van der Waals surface area contributed by atoms with Crippen LogP contribution in [-0.4, -0.2) is 26.4 Å². The summed E-state index contributed by atoms with van der Waals surface area (Å²) in [5.74, 6) is 5.20. The minimum absolute atomic E-state index is 0.735. The van der Waals surface area contributed by atoms with E-state index in [1.165, 1.54) is 38.5 Å². The fourth-order valence-electron chi connectivity index (χ4n) is 6.42. The van der Waals surface area contributed by atoms with Crippen molar-refractivity contribution >= 4 is 0 Å². The zero-order chi connectivity index (χ0) is 21.7. The van der Waals surface area contributed by atoms with Crippen molar-refractivity contribution in [3.05, 3.63) is 47.6 Å². The van der Waals surface area contributed by atoms with E-state index >= 15 is 0 Å². The summed E-state index contributed by atoms with van der Waals surface area (Å²) in [5, 5.41) is 0. The van der Waals surface area contributed by atoms with Gasteiger partial charge in [0.15, 0.2) is 0 Å². The van der Waals surface area contributed by atoms with Gasteiger partial charge in [-0.2, -0.15) is 0 Å². The number of allylic oxidation sites excluding steroid dienone is 4. The highest BCUT2D eigenvalue weighted by Gasteiger charge is 2.43. The van der Waals surface area contributed by atoms with Gasteiger partial charge >= 0.3 is 0 Å². The van der Waals surface area contributed by atoms with Crippen LogP contribution >= 0.6 is 0 Å². The first-order chi connectivity index (χ1) is 14.4. The van der Waals surface area contributed by atoms with E-state index in [0.29, 0.717) is 0 Å². The van der Waals surface area contributed by atoms with Gasteiger partial charge in [0, 0.05) is 0 Å². The number of hydrogen-bond donors (Lipinski definition) is 0. The molecule has 0 N–H and O–H groups in total. The van der Waals surface area contributed by atoms with Gasteiger partial charge in [0.2, 0.25) is 0 Å². The lowest BCUT2D eigenvalue weighted by Crippen LogP contribution is -2.19. The average molecular weight is 413 g/mol. The Bertz CT molecular complexity index is 670. The van der Waals surface area contributed by atoms with Gasteiger partial charge in [0.05, 0.1) is 26.4 Å². The number of ether oxygens (including phenoxy) is 2. The monoisotopic (exact) mass is 412 g/mol. The van der Waals surface area contributed by atoms with Crippen LogP contribution in [0.4, 0.5) is 0 Å². The summed E-state index contributed by atoms with van der Waals surface area (Å²) < 4.78 is 11.4. The molecule has 4 aliphatic carbocycles. The first kappa shape index (κ1) is 23.5. The lowest BCUT2D eigenvalue weighted by atomic mass is 9.85. The summed E-state index contributed by atoms with van der Waals surface area (Å²) in [5.41, 5.74) is 5.66. The summed E-state index contributed by atoms with van der Waals surface area (Å²) in [6.45, 7) is 19.5. The lowest BCUT2D eigenvalue weighted by molar-refractivity contribution is 0.0985. The molecule has 4 fully saturated rings.